The number of hydrogen-bond acceptors (Lipinski definition) is 4. The number of aromatic nitrogens is 4. The van der Waals surface area contributed by atoms with Crippen LogP contribution in [0.4, 0.5) is 5.82 Å². The van der Waals surface area contributed by atoms with E-state index >= 15 is 0 Å². The highest BCUT2D eigenvalue weighted by Crippen LogP contribution is 2.20. The molecule has 0 spiro atoms. The van der Waals surface area contributed by atoms with Gasteiger partial charge in [-0.3, -0.25) is 14.5 Å². The molecule has 0 atom stereocenters. The Bertz CT molecular complexity index is 825. The summed E-state index contributed by atoms with van der Waals surface area (Å²) in [5.41, 5.74) is 3.56. The van der Waals surface area contributed by atoms with Crippen molar-refractivity contribution in [3.8, 4) is 11.1 Å². The number of aryl methyl sites for hydroxylation is 2. The van der Waals surface area contributed by atoms with Gasteiger partial charge in [0.25, 0.3) is 5.91 Å². The number of carbonyl (C=O) groups excluding carboxylic acids is 1. The lowest BCUT2D eigenvalue weighted by Crippen LogP contribution is -2.12. The van der Waals surface area contributed by atoms with Gasteiger partial charge in [-0.1, -0.05) is 35.0 Å². The van der Waals surface area contributed by atoms with Crippen molar-refractivity contribution in [1.82, 2.24) is 20.0 Å². The van der Waals surface area contributed by atoms with Crippen molar-refractivity contribution in [3.05, 3.63) is 60.0 Å². The van der Waals surface area contributed by atoms with Crippen molar-refractivity contribution < 1.29 is 4.79 Å². The van der Waals surface area contributed by atoms with Crippen molar-refractivity contribution in [2.75, 3.05) is 5.32 Å². The molecular formula is C16H15N5O. The molecule has 0 bridgehead atoms. The first-order chi connectivity index (χ1) is 10.6. The van der Waals surface area contributed by atoms with Gasteiger partial charge in [0.15, 0.2) is 5.82 Å². The zero-order valence-electron chi connectivity index (χ0n) is 12.3. The van der Waals surface area contributed by atoms with Crippen LogP contribution in [-0.2, 0) is 7.05 Å². The van der Waals surface area contributed by atoms with Gasteiger partial charge in [-0.15, -0.1) is 5.10 Å². The molecule has 1 N–H and O–H groups in total. The van der Waals surface area contributed by atoms with Gasteiger partial charge in [-0.05, 0) is 18.6 Å². The second-order valence-electron chi connectivity index (χ2n) is 5.06. The molecule has 0 saturated carbocycles. The predicted molar refractivity (Wildman–Crippen MR) is 83.4 cm³/mol. The molecule has 0 unspecified atom stereocenters. The van der Waals surface area contributed by atoms with Gasteiger partial charge in [0, 0.05) is 25.0 Å². The molecule has 110 valence electrons. The molecule has 3 aromatic rings. The highest BCUT2D eigenvalue weighted by Gasteiger charge is 2.10. The Morgan fingerprint density at radius 2 is 2.05 bits per heavy atom. The average Bonchev–Trinajstić information content (AvgIpc) is 2.92. The van der Waals surface area contributed by atoms with Crippen LogP contribution >= 0.6 is 0 Å². The molecule has 0 radical (unpaired) electrons. The summed E-state index contributed by atoms with van der Waals surface area (Å²) in [6.45, 7) is 2.03. The molecule has 0 aliphatic rings. The van der Waals surface area contributed by atoms with Crippen molar-refractivity contribution in [2.24, 2.45) is 7.05 Å². The Balaban J connectivity index is 1.86. The number of amides is 1. The molecule has 3 rings (SSSR count). The van der Waals surface area contributed by atoms with E-state index in [1.807, 2.05) is 31.2 Å². The minimum atomic E-state index is -0.262. The van der Waals surface area contributed by atoms with Crippen LogP contribution in [0.5, 0.6) is 0 Å². The fourth-order valence-electron chi connectivity index (χ4n) is 2.14. The third kappa shape index (κ3) is 3.01. The normalized spacial score (nSPS) is 10.5. The standard InChI is InChI=1S/C16H15N5O/c1-11-4-3-5-12(6-11)13-7-14(9-17-8-13)16(22)18-15-10-21(2)20-19-15/h3-10H,1-2H3,(H,18,22). The van der Waals surface area contributed by atoms with Crippen molar-refractivity contribution >= 4 is 11.7 Å². The van der Waals surface area contributed by atoms with E-state index in [9.17, 15) is 4.79 Å². The lowest BCUT2D eigenvalue weighted by Gasteiger charge is -2.05. The smallest absolute Gasteiger partial charge is 0.258 e. The molecule has 1 amide bonds. The van der Waals surface area contributed by atoms with E-state index in [-0.39, 0.29) is 5.91 Å². The molecule has 1 aromatic carbocycles. The first kappa shape index (κ1) is 13.9. The third-order valence-corrected chi connectivity index (χ3v) is 3.20. The number of anilines is 1. The van der Waals surface area contributed by atoms with Crippen LogP contribution in [0.15, 0.2) is 48.9 Å². The number of rotatable bonds is 3. The summed E-state index contributed by atoms with van der Waals surface area (Å²) in [4.78, 5) is 16.4. The molecule has 0 aliphatic carbocycles. The van der Waals surface area contributed by atoms with E-state index in [1.165, 1.54) is 10.9 Å². The summed E-state index contributed by atoms with van der Waals surface area (Å²) >= 11 is 0. The Morgan fingerprint density at radius 3 is 2.77 bits per heavy atom. The predicted octanol–water partition coefficient (Wildman–Crippen LogP) is 2.44. The van der Waals surface area contributed by atoms with E-state index in [4.69, 9.17) is 0 Å². The average molecular weight is 293 g/mol. The summed E-state index contributed by atoms with van der Waals surface area (Å²) in [5, 5.41) is 10.3. The second-order valence-corrected chi connectivity index (χ2v) is 5.06. The van der Waals surface area contributed by atoms with Gasteiger partial charge in [0.2, 0.25) is 0 Å². The summed E-state index contributed by atoms with van der Waals surface area (Å²) in [5.74, 6) is 0.149. The van der Waals surface area contributed by atoms with Crippen LogP contribution in [-0.4, -0.2) is 25.9 Å². The number of carbonyl (C=O) groups is 1. The number of pyridine rings is 1. The fraction of sp³-hybridized carbons (Fsp3) is 0.125. The van der Waals surface area contributed by atoms with Gasteiger partial charge in [0.05, 0.1) is 11.8 Å². The van der Waals surface area contributed by atoms with Gasteiger partial charge >= 0.3 is 0 Å². The molecule has 0 fully saturated rings. The Labute approximate surface area is 127 Å². The van der Waals surface area contributed by atoms with Crippen molar-refractivity contribution in [1.29, 1.82) is 0 Å². The summed E-state index contributed by atoms with van der Waals surface area (Å²) in [6, 6.07) is 9.88. The monoisotopic (exact) mass is 293 g/mol. The second kappa shape index (κ2) is 5.77. The number of benzene rings is 1. The van der Waals surface area contributed by atoms with Gasteiger partial charge in [-0.2, -0.15) is 0 Å². The maximum atomic E-state index is 12.2. The van der Waals surface area contributed by atoms with E-state index in [0.717, 1.165) is 16.7 Å². The van der Waals surface area contributed by atoms with Crippen LogP contribution in [0, 0.1) is 6.92 Å². The van der Waals surface area contributed by atoms with E-state index in [1.54, 1.807) is 19.4 Å². The van der Waals surface area contributed by atoms with Gasteiger partial charge in [-0.25, -0.2) is 0 Å². The van der Waals surface area contributed by atoms with E-state index in [0.29, 0.717) is 11.4 Å². The van der Waals surface area contributed by atoms with Crippen LogP contribution in [0.3, 0.4) is 0 Å². The lowest BCUT2D eigenvalue weighted by atomic mass is 10.0. The quantitative estimate of drug-likeness (QED) is 0.805. The highest BCUT2D eigenvalue weighted by atomic mass is 16.1. The van der Waals surface area contributed by atoms with E-state index < -0.39 is 0 Å². The van der Waals surface area contributed by atoms with Gasteiger partial charge < -0.3 is 5.32 Å². The van der Waals surface area contributed by atoms with Crippen LogP contribution in [0.2, 0.25) is 0 Å². The number of nitrogens with zero attached hydrogens (tertiary/aromatic N) is 4. The Morgan fingerprint density at radius 1 is 1.18 bits per heavy atom. The Hall–Kier alpha value is -3.02. The topological polar surface area (TPSA) is 72.7 Å². The van der Waals surface area contributed by atoms with Gasteiger partial charge in [0.1, 0.15) is 0 Å². The van der Waals surface area contributed by atoms with Crippen LogP contribution < -0.4 is 5.32 Å². The fourth-order valence-corrected chi connectivity index (χ4v) is 2.14. The Kier molecular flexibility index (Phi) is 3.65. The largest absolute Gasteiger partial charge is 0.304 e. The SMILES string of the molecule is Cc1cccc(-c2cncc(C(=O)Nc3cn(C)nn3)c2)c1. The molecule has 2 heterocycles. The molecule has 2 aromatic heterocycles. The zero-order chi connectivity index (χ0) is 15.5. The summed E-state index contributed by atoms with van der Waals surface area (Å²) in [7, 11) is 1.74. The van der Waals surface area contributed by atoms with Crippen LogP contribution in [0.1, 0.15) is 15.9 Å². The zero-order valence-corrected chi connectivity index (χ0v) is 12.3. The first-order valence-corrected chi connectivity index (χ1v) is 6.81. The number of nitrogens with one attached hydrogen (secondary N) is 1. The maximum Gasteiger partial charge on any atom is 0.258 e. The van der Waals surface area contributed by atoms with E-state index in [2.05, 4.69) is 26.7 Å². The highest BCUT2D eigenvalue weighted by molar-refractivity contribution is 6.04. The summed E-state index contributed by atoms with van der Waals surface area (Å²) < 4.78 is 1.52. The molecule has 0 aliphatic heterocycles. The molecule has 22 heavy (non-hydrogen) atoms. The lowest BCUT2D eigenvalue weighted by molar-refractivity contribution is 0.102. The molecule has 6 heteroatoms. The molecule has 0 saturated heterocycles. The first-order valence-electron chi connectivity index (χ1n) is 6.81. The molecular weight excluding hydrogens is 278 g/mol. The molecule has 6 nitrogen and oxygen atoms in total. The maximum absolute atomic E-state index is 12.2. The van der Waals surface area contributed by atoms with Crippen LogP contribution in [0.25, 0.3) is 11.1 Å². The van der Waals surface area contributed by atoms with Crippen molar-refractivity contribution in [3.63, 3.8) is 0 Å². The number of hydrogen-bond donors (Lipinski definition) is 1. The minimum absolute atomic E-state index is 0.262. The third-order valence-electron chi connectivity index (χ3n) is 3.20. The summed E-state index contributed by atoms with van der Waals surface area (Å²) in [6.07, 6.45) is 4.91. The van der Waals surface area contributed by atoms with Crippen molar-refractivity contribution in [2.45, 2.75) is 6.92 Å². The minimum Gasteiger partial charge on any atom is -0.304 e.